The van der Waals surface area contributed by atoms with Crippen molar-refractivity contribution in [2.24, 2.45) is 10.9 Å². The van der Waals surface area contributed by atoms with E-state index in [1.165, 1.54) is 0 Å². The number of fused-ring (bicyclic) bond motifs is 6. The number of likely N-dealkylation sites (N-methyl/N-ethyl adjacent to an activating group) is 1. The maximum absolute atomic E-state index is 12.4. The summed E-state index contributed by atoms with van der Waals surface area (Å²) in [6.45, 7) is 10.3. The Balaban J connectivity index is 2.10. The highest BCUT2D eigenvalue weighted by Gasteiger charge is 2.36. The summed E-state index contributed by atoms with van der Waals surface area (Å²) >= 11 is 0. The molecule has 6 bridgehead atoms. The van der Waals surface area contributed by atoms with Gasteiger partial charge in [-0.3, -0.25) is 9.79 Å². The van der Waals surface area contributed by atoms with E-state index in [2.05, 4.69) is 62.3 Å². The molecular formula is C33H37N3O2. The van der Waals surface area contributed by atoms with Crippen molar-refractivity contribution in [2.75, 3.05) is 12.8 Å². The van der Waals surface area contributed by atoms with Crippen LogP contribution in [0.2, 0.25) is 0 Å². The normalized spacial score (nSPS) is 18.6. The summed E-state index contributed by atoms with van der Waals surface area (Å²) in [6, 6.07) is 20.5. The van der Waals surface area contributed by atoms with Gasteiger partial charge >= 0.3 is 0 Å². The van der Waals surface area contributed by atoms with Crippen LogP contribution in [0.15, 0.2) is 83.5 Å². The quantitative estimate of drug-likeness (QED) is 0.232. The van der Waals surface area contributed by atoms with E-state index in [1.54, 1.807) is 13.0 Å². The summed E-state index contributed by atoms with van der Waals surface area (Å²) in [5.41, 5.74) is 14.2. The molecule has 4 rings (SSSR count). The third-order valence-corrected chi connectivity index (χ3v) is 7.01. The van der Waals surface area contributed by atoms with Crippen molar-refractivity contribution >= 4 is 23.3 Å². The molecule has 1 aliphatic rings. The van der Waals surface area contributed by atoms with E-state index in [-0.39, 0.29) is 5.78 Å². The van der Waals surface area contributed by atoms with Crippen LogP contribution in [0.1, 0.15) is 61.1 Å². The first kappa shape index (κ1) is 27.1. The fraction of sp³-hybridized carbons (Fsp3) is 0.273. The minimum atomic E-state index is -0.726. The number of nitrogens with zero attached hydrogens (tertiary/aromatic N) is 1. The predicted molar refractivity (Wildman–Crippen MR) is 157 cm³/mol. The molecule has 0 saturated heterocycles. The number of hydrogen-bond donors (Lipinski definition) is 2. The van der Waals surface area contributed by atoms with E-state index in [0.29, 0.717) is 24.0 Å². The molecule has 0 fully saturated rings. The Kier molecular flexibility index (Phi) is 7.98. The first-order chi connectivity index (χ1) is 18.1. The lowest BCUT2D eigenvalue weighted by atomic mass is 9.76. The molecule has 0 amide bonds. The van der Waals surface area contributed by atoms with Gasteiger partial charge in [-0.25, -0.2) is 0 Å². The Morgan fingerprint density at radius 2 is 1.82 bits per heavy atom. The van der Waals surface area contributed by atoms with Gasteiger partial charge in [0.2, 0.25) is 0 Å². The molecule has 1 atom stereocenters. The first-order valence-corrected chi connectivity index (χ1v) is 13.0. The molecule has 3 aromatic rings. The number of allylic oxidation sites excluding steroid dienone is 1. The fourth-order valence-electron chi connectivity index (χ4n) is 5.08. The van der Waals surface area contributed by atoms with Crippen LogP contribution >= 0.6 is 0 Å². The molecule has 0 aliphatic carbocycles. The zero-order valence-corrected chi connectivity index (χ0v) is 23.1. The van der Waals surface area contributed by atoms with Gasteiger partial charge in [-0.05, 0) is 109 Å². The van der Waals surface area contributed by atoms with Crippen LogP contribution in [0.3, 0.4) is 0 Å². The number of ketones is 1. The second-order valence-corrected chi connectivity index (χ2v) is 10.3. The van der Waals surface area contributed by atoms with Gasteiger partial charge in [-0.2, -0.15) is 0 Å². The van der Waals surface area contributed by atoms with Gasteiger partial charge in [0.05, 0.1) is 11.2 Å². The second kappa shape index (κ2) is 11.2. The maximum atomic E-state index is 12.4. The van der Waals surface area contributed by atoms with Gasteiger partial charge in [0.25, 0.3) is 0 Å². The van der Waals surface area contributed by atoms with Gasteiger partial charge in [0.1, 0.15) is 12.4 Å². The standard InChI is InChI=1S/C33H37N3O2/c1-21(2)18-36-19-23(4)33(35-6)27-11-10-22(3)29(16-27)30(14-24(5)37)26-9-7-8-25(15-26)20-38-32-17-28(33)12-13-31(32)34/h7-19,21,35H,20,34H2,1-6H3/b23-19+,30-14-,36-18?. The minimum Gasteiger partial charge on any atom is -0.487 e. The molecule has 1 heterocycles. The molecule has 0 saturated carbocycles. The molecule has 1 aliphatic heterocycles. The topological polar surface area (TPSA) is 76.7 Å². The number of rotatable bonds is 5. The van der Waals surface area contributed by atoms with Crippen molar-refractivity contribution in [1.29, 1.82) is 0 Å². The van der Waals surface area contributed by atoms with E-state index in [0.717, 1.165) is 44.5 Å². The van der Waals surface area contributed by atoms with Crippen LogP contribution in [0, 0.1) is 12.8 Å². The van der Waals surface area contributed by atoms with E-state index < -0.39 is 5.54 Å². The average molecular weight is 508 g/mol. The van der Waals surface area contributed by atoms with Gasteiger partial charge in [-0.15, -0.1) is 0 Å². The number of benzene rings is 3. The lowest BCUT2D eigenvalue weighted by Gasteiger charge is -2.37. The van der Waals surface area contributed by atoms with E-state index in [4.69, 9.17) is 10.5 Å². The summed E-state index contributed by atoms with van der Waals surface area (Å²) in [6.07, 6.45) is 5.58. The predicted octanol–water partition coefficient (Wildman–Crippen LogP) is 6.58. The number of carbonyl (C=O) groups excluding carboxylic acids is 1. The minimum absolute atomic E-state index is 0.00539. The van der Waals surface area contributed by atoms with Crippen molar-refractivity contribution in [3.8, 4) is 5.75 Å². The van der Waals surface area contributed by atoms with E-state index in [1.807, 2.05) is 55.9 Å². The molecule has 0 aromatic heterocycles. The lowest BCUT2D eigenvalue weighted by Crippen LogP contribution is -2.42. The molecule has 5 nitrogen and oxygen atoms in total. The first-order valence-electron chi connectivity index (χ1n) is 13.0. The van der Waals surface area contributed by atoms with Gasteiger partial charge < -0.3 is 15.8 Å². The number of anilines is 1. The number of hydrogen-bond acceptors (Lipinski definition) is 5. The van der Waals surface area contributed by atoms with Crippen LogP contribution in [0.4, 0.5) is 5.69 Å². The molecule has 3 aromatic carbocycles. The third-order valence-electron chi connectivity index (χ3n) is 7.01. The van der Waals surface area contributed by atoms with Crippen LogP contribution in [0.5, 0.6) is 5.75 Å². The number of aryl methyl sites for hydroxylation is 1. The molecule has 196 valence electrons. The van der Waals surface area contributed by atoms with Crippen LogP contribution in [-0.2, 0) is 16.9 Å². The Morgan fingerprint density at radius 1 is 1.08 bits per heavy atom. The van der Waals surface area contributed by atoms with E-state index >= 15 is 0 Å². The van der Waals surface area contributed by atoms with Gasteiger partial charge in [0, 0.05) is 12.4 Å². The number of ether oxygens (including phenoxy) is 1. The summed E-state index contributed by atoms with van der Waals surface area (Å²) in [5.74, 6) is 0.952. The van der Waals surface area contributed by atoms with Crippen molar-refractivity contribution in [2.45, 2.75) is 46.8 Å². The number of nitrogens with one attached hydrogen (secondary N) is 1. The summed E-state index contributed by atoms with van der Waals surface area (Å²) in [7, 11) is 1.95. The number of nitrogens with two attached hydrogens (primary N) is 1. The van der Waals surface area contributed by atoms with Crippen LogP contribution in [-0.4, -0.2) is 19.0 Å². The third kappa shape index (κ3) is 5.34. The molecule has 5 heteroatoms. The Hall–Kier alpha value is -3.96. The Labute approximate surface area is 226 Å². The number of nitrogen functional groups attached to an aromatic ring is 1. The fourth-order valence-corrected chi connectivity index (χ4v) is 5.08. The largest absolute Gasteiger partial charge is 0.487 e. The average Bonchev–Trinajstić information content (AvgIpc) is 2.88. The van der Waals surface area contributed by atoms with Crippen molar-refractivity contribution in [3.63, 3.8) is 0 Å². The summed E-state index contributed by atoms with van der Waals surface area (Å²) < 4.78 is 6.27. The zero-order chi connectivity index (χ0) is 27.4. The molecule has 0 spiro atoms. The smallest absolute Gasteiger partial charge is 0.153 e. The van der Waals surface area contributed by atoms with Crippen molar-refractivity contribution in [1.82, 2.24) is 5.32 Å². The zero-order valence-electron chi connectivity index (χ0n) is 23.1. The second-order valence-electron chi connectivity index (χ2n) is 10.3. The van der Waals surface area contributed by atoms with E-state index in [9.17, 15) is 4.79 Å². The SMILES string of the molecule is CNC1(/C(C)=C/N=CC(C)C)c2ccc(N)c(c2)OCc2cccc(c2)/C(=C/C(C)=O)c2cc1ccc2C. The van der Waals surface area contributed by atoms with Crippen LogP contribution < -0.4 is 15.8 Å². The Morgan fingerprint density at radius 3 is 2.53 bits per heavy atom. The maximum Gasteiger partial charge on any atom is 0.153 e. The molecule has 1 unspecified atom stereocenters. The highest BCUT2D eigenvalue weighted by Crippen LogP contribution is 2.41. The number of carbonyl (C=O) groups is 1. The summed E-state index contributed by atoms with van der Waals surface area (Å²) in [5, 5.41) is 3.62. The molecule has 0 radical (unpaired) electrons. The monoisotopic (exact) mass is 507 g/mol. The van der Waals surface area contributed by atoms with Crippen molar-refractivity contribution < 1.29 is 9.53 Å². The molecule has 38 heavy (non-hydrogen) atoms. The van der Waals surface area contributed by atoms with Gasteiger partial charge in [-0.1, -0.05) is 50.2 Å². The van der Waals surface area contributed by atoms with Crippen molar-refractivity contribution in [3.05, 3.63) is 112 Å². The lowest BCUT2D eigenvalue weighted by molar-refractivity contribution is -0.112. The van der Waals surface area contributed by atoms with Gasteiger partial charge in [0.15, 0.2) is 5.78 Å². The molecular weight excluding hydrogens is 470 g/mol. The highest BCUT2D eigenvalue weighted by molar-refractivity contribution is 5.99. The highest BCUT2D eigenvalue weighted by atomic mass is 16.5. The summed E-state index contributed by atoms with van der Waals surface area (Å²) in [4.78, 5) is 17.0. The van der Waals surface area contributed by atoms with Crippen LogP contribution in [0.25, 0.3) is 5.57 Å². The Bertz CT molecular complexity index is 1450. The molecule has 3 N–H and O–H groups in total. The number of aliphatic imine (C=N–C) groups is 1.